The molecular formula is C13H17N3O3S. The van der Waals surface area contributed by atoms with Crippen molar-refractivity contribution in [2.24, 2.45) is 0 Å². The molecule has 6 nitrogen and oxygen atoms in total. The van der Waals surface area contributed by atoms with Gasteiger partial charge in [0.25, 0.3) is 0 Å². The molecule has 2 N–H and O–H groups in total. The molecule has 1 saturated heterocycles. The van der Waals surface area contributed by atoms with Crippen LogP contribution in [0.1, 0.15) is 18.4 Å². The molecule has 2 aliphatic heterocycles. The highest BCUT2D eigenvalue weighted by molar-refractivity contribution is 7.89. The molecule has 2 aliphatic rings. The molecule has 2 heterocycles. The minimum atomic E-state index is -3.49. The van der Waals surface area contributed by atoms with E-state index in [0.29, 0.717) is 30.0 Å². The summed E-state index contributed by atoms with van der Waals surface area (Å²) < 4.78 is 26.5. The van der Waals surface area contributed by atoms with Crippen molar-refractivity contribution in [3.63, 3.8) is 0 Å². The molecule has 1 fully saturated rings. The van der Waals surface area contributed by atoms with E-state index in [4.69, 9.17) is 5.73 Å². The fourth-order valence-corrected chi connectivity index (χ4v) is 4.47. The van der Waals surface area contributed by atoms with E-state index in [2.05, 4.69) is 0 Å². The summed E-state index contributed by atoms with van der Waals surface area (Å²) in [6.07, 6.45) is 1.99. The molecule has 0 spiro atoms. The number of amides is 1. The van der Waals surface area contributed by atoms with E-state index < -0.39 is 10.0 Å². The molecule has 0 aromatic heterocycles. The summed E-state index contributed by atoms with van der Waals surface area (Å²) in [5, 5.41) is 0. The number of hydrogen-bond acceptors (Lipinski definition) is 4. The van der Waals surface area contributed by atoms with Crippen LogP contribution in [0.3, 0.4) is 0 Å². The lowest BCUT2D eigenvalue weighted by molar-refractivity contribution is -0.117. The number of benzene rings is 1. The first-order chi connectivity index (χ1) is 9.41. The fourth-order valence-electron chi connectivity index (χ4n) is 2.87. The van der Waals surface area contributed by atoms with Gasteiger partial charge in [-0.15, -0.1) is 0 Å². The van der Waals surface area contributed by atoms with E-state index in [1.807, 2.05) is 0 Å². The van der Waals surface area contributed by atoms with Gasteiger partial charge in [0.1, 0.15) is 0 Å². The third kappa shape index (κ3) is 1.89. The zero-order chi connectivity index (χ0) is 14.5. The van der Waals surface area contributed by atoms with Gasteiger partial charge in [0.2, 0.25) is 15.9 Å². The van der Waals surface area contributed by atoms with Crippen molar-refractivity contribution < 1.29 is 13.2 Å². The van der Waals surface area contributed by atoms with Gasteiger partial charge in [-0.2, -0.15) is 4.31 Å². The third-order valence-corrected chi connectivity index (χ3v) is 5.82. The number of carbonyl (C=O) groups is 1. The summed E-state index contributed by atoms with van der Waals surface area (Å²) in [6, 6.07) is 3.04. The Kier molecular flexibility index (Phi) is 2.98. The number of nitrogen functional groups attached to an aromatic ring is 1. The predicted octanol–water partition coefficient (Wildman–Crippen LogP) is 0.572. The maximum absolute atomic E-state index is 12.5. The number of hydrogen-bond donors (Lipinski definition) is 1. The summed E-state index contributed by atoms with van der Waals surface area (Å²) in [4.78, 5) is 13.4. The van der Waals surface area contributed by atoms with Gasteiger partial charge in [-0.25, -0.2) is 8.42 Å². The molecule has 1 aromatic rings. The molecule has 0 radical (unpaired) electrons. The summed E-state index contributed by atoms with van der Waals surface area (Å²) >= 11 is 0. The van der Waals surface area contributed by atoms with Gasteiger partial charge in [-0.05, 0) is 30.5 Å². The first kappa shape index (κ1) is 13.4. The Morgan fingerprint density at radius 2 is 1.85 bits per heavy atom. The average Bonchev–Trinajstić information content (AvgIpc) is 2.99. The van der Waals surface area contributed by atoms with Gasteiger partial charge >= 0.3 is 0 Å². The molecule has 0 atom stereocenters. The molecule has 0 aliphatic carbocycles. The van der Waals surface area contributed by atoms with E-state index in [9.17, 15) is 13.2 Å². The molecule has 1 amide bonds. The van der Waals surface area contributed by atoms with Gasteiger partial charge in [0.05, 0.1) is 22.7 Å². The Morgan fingerprint density at radius 3 is 2.50 bits per heavy atom. The Balaban J connectivity index is 2.07. The van der Waals surface area contributed by atoms with Crippen LogP contribution >= 0.6 is 0 Å². The van der Waals surface area contributed by atoms with Crippen LogP contribution in [0, 0.1) is 0 Å². The molecule has 1 aromatic carbocycles. The molecule has 108 valence electrons. The number of anilines is 2. The predicted molar refractivity (Wildman–Crippen MR) is 76.0 cm³/mol. The second-order valence-corrected chi connectivity index (χ2v) is 7.20. The first-order valence-electron chi connectivity index (χ1n) is 6.60. The Bertz CT molecular complexity index is 678. The lowest BCUT2D eigenvalue weighted by atomic mass is 10.1. The maximum Gasteiger partial charge on any atom is 0.243 e. The highest BCUT2D eigenvalue weighted by Gasteiger charge is 2.32. The van der Waals surface area contributed by atoms with Gasteiger partial charge in [0.15, 0.2) is 0 Å². The lowest BCUT2D eigenvalue weighted by Gasteiger charge is -2.18. The van der Waals surface area contributed by atoms with Crippen molar-refractivity contribution in [3.05, 3.63) is 17.7 Å². The second kappa shape index (κ2) is 4.46. The SMILES string of the molecule is CN1C(=O)Cc2cc(S(=O)(=O)N3CCCC3)cc(N)c21. The molecular weight excluding hydrogens is 278 g/mol. The Morgan fingerprint density at radius 1 is 1.20 bits per heavy atom. The van der Waals surface area contributed by atoms with Crippen LogP contribution < -0.4 is 10.6 Å². The van der Waals surface area contributed by atoms with Gasteiger partial charge in [-0.3, -0.25) is 4.79 Å². The van der Waals surface area contributed by atoms with E-state index in [0.717, 1.165) is 12.8 Å². The number of nitrogens with zero attached hydrogens (tertiary/aromatic N) is 2. The quantitative estimate of drug-likeness (QED) is 0.809. The monoisotopic (exact) mass is 295 g/mol. The number of likely N-dealkylation sites (N-methyl/N-ethyl adjacent to an activating group) is 1. The van der Waals surface area contributed by atoms with Crippen LogP contribution in [-0.2, 0) is 21.2 Å². The smallest absolute Gasteiger partial charge is 0.243 e. The van der Waals surface area contributed by atoms with Crippen LogP contribution in [0.4, 0.5) is 11.4 Å². The standard InChI is InChI=1S/C13H17N3O3S/c1-15-12(17)7-9-6-10(8-11(14)13(9)15)20(18,19)16-4-2-3-5-16/h6,8H,2-5,7,14H2,1H3. The summed E-state index contributed by atoms with van der Waals surface area (Å²) in [5.41, 5.74) is 7.61. The van der Waals surface area contributed by atoms with Crippen LogP contribution in [-0.4, -0.2) is 38.8 Å². The van der Waals surface area contributed by atoms with E-state index in [1.54, 1.807) is 13.1 Å². The molecule has 0 unspecified atom stereocenters. The molecule has 3 rings (SSSR count). The molecule has 7 heteroatoms. The van der Waals surface area contributed by atoms with E-state index in [-0.39, 0.29) is 17.2 Å². The largest absolute Gasteiger partial charge is 0.397 e. The van der Waals surface area contributed by atoms with Gasteiger partial charge in [-0.1, -0.05) is 0 Å². The zero-order valence-corrected chi connectivity index (χ0v) is 12.1. The minimum absolute atomic E-state index is 0.0672. The highest BCUT2D eigenvalue weighted by atomic mass is 32.2. The summed E-state index contributed by atoms with van der Waals surface area (Å²) in [5.74, 6) is -0.0672. The van der Waals surface area contributed by atoms with Crippen molar-refractivity contribution in [3.8, 4) is 0 Å². The second-order valence-electron chi connectivity index (χ2n) is 5.26. The van der Waals surface area contributed by atoms with Crippen molar-refractivity contribution in [1.82, 2.24) is 4.31 Å². The average molecular weight is 295 g/mol. The van der Waals surface area contributed by atoms with E-state index in [1.165, 1.54) is 15.3 Å². The number of fused-ring (bicyclic) bond motifs is 1. The van der Waals surface area contributed by atoms with Gasteiger partial charge < -0.3 is 10.6 Å². The molecule has 0 saturated carbocycles. The maximum atomic E-state index is 12.5. The van der Waals surface area contributed by atoms with Crippen molar-refractivity contribution in [1.29, 1.82) is 0 Å². The number of sulfonamides is 1. The van der Waals surface area contributed by atoms with Gasteiger partial charge in [0, 0.05) is 20.1 Å². The lowest BCUT2D eigenvalue weighted by Crippen LogP contribution is -2.28. The minimum Gasteiger partial charge on any atom is -0.397 e. The van der Waals surface area contributed by atoms with Crippen LogP contribution in [0.15, 0.2) is 17.0 Å². The third-order valence-electron chi connectivity index (χ3n) is 3.95. The Hall–Kier alpha value is -1.60. The fraction of sp³-hybridized carbons (Fsp3) is 0.462. The number of rotatable bonds is 2. The van der Waals surface area contributed by atoms with Crippen LogP contribution in [0.25, 0.3) is 0 Å². The molecule has 0 bridgehead atoms. The van der Waals surface area contributed by atoms with Crippen LogP contribution in [0.5, 0.6) is 0 Å². The number of nitrogens with two attached hydrogens (primary N) is 1. The number of carbonyl (C=O) groups excluding carboxylic acids is 1. The van der Waals surface area contributed by atoms with E-state index >= 15 is 0 Å². The summed E-state index contributed by atoms with van der Waals surface area (Å²) in [6.45, 7) is 1.11. The first-order valence-corrected chi connectivity index (χ1v) is 8.04. The normalized spacial score (nSPS) is 19.6. The highest BCUT2D eigenvalue weighted by Crippen LogP contribution is 2.36. The van der Waals surface area contributed by atoms with Crippen molar-refractivity contribution in [2.45, 2.75) is 24.2 Å². The van der Waals surface area contributed by atoms with Crippen molar-refractivity contribution in [2.75, 3.05) is 30.8 Å². The van der Waals surface area contributed by atoms with Crippen LogP contribution in [0.2, 0.25) is 0 Å². The van der Waals surface area contributed by atoms with Crippen molar-refractivity contribution >= 4 is 27.3 Å². The summed E-state index contributed by atoms with van der Waals surface area (Å²) in [7, 11) is -1.84. The Labute approximate surface area is 118 Å². The topological polar surface area (TPSA) is 83.7 Å². The zero-order valence-electron chi connectivity index (χ0n) is 11.3. The molecule has 20 heavy (non-hydrogen) atoms.